The van der Waals surface area contributed by atoms with Crippen LogP contribution in [-0.2, 0) is 4.79 Å². The molecule has 0 aliphatic carbocycles. The summed E-state index contributed by atoms with van der Waals surface area (Å²) in [5.41, 5.74) is 2.41. The monoisotopic (exact) mass is 330 g/mol. The molecule has 0 aromatic heterocycles. The Hall–Kier alpha value is -1.55. The first-order valence-electron chi connectivity index (χ1n) is 9.34. The molecule has 4 heteroatoms. The molecule has 1 amide bonds. The Bertz CT molecular complexity index is 559. The predicted octanol–water partition coefficient (Wildman–Crippen LogP) is 3.06. The van der Waals surface area contributed by atoms with Crippen LogP contribution in [0.15, 0.2) is 18.2 Å². The van der Waals surface area contributed by atoms with E-state index in [0.29, 0.717) is 18.2 Å². The Morgan fingerprint density at radius 3 is 2.75 bits per heavy atom. The highest BCUT2D eigenvalue weighted by Gasteiger charge is 2.25. The quantitative estimate of drug-likeness (QED) is 0.902. The third-order valence-electron chi connectivity index (χ3n) is 5.36. The summed E-state index contributed by atoms with van der Waals surface area (Å²) in [7, 11) is 0. The van der Waals surface area contributed by atoms with E-state index < -0.39 is 0 Å². The van der Waals surface area contributed by atoms with Crippen molar-refractivity contribution in [3.8, 4) is 5.75 Å². The average molecular weight is 330 g/mol. The van der Waals surface area contributed by atoms with Crippen LogP contribution in [0.2, 0.25) is 0 Å². The van der Waals surface area contributed by atoms with E-state index >= 15 is 0 Å². The van der Waals surface area contributed by atoms with E-state index in [1.165, 1.54) is 17.5 Å². The molecule has 2 heterocycles. The van der Waals surface area contributed by atoms with Gasteiger partial charge in [0.15, 0.2) is 0 Å². The molecule has 1 atom stereocenters. The van der Waals surface area contributed by atoms with Crippen molar-refractivity contribution < 1.29 is 9.53 Å². The van der Waals surface area contributed by atoms with E-state index in [4.69, 9.17) is 4.74 Å². The topological polar surface area (TPSA) is 41.6 Å². The van der Waals surface area contributed by atoms with Crippen molar-refractivity contribution in [2.75, 3.05) is 26.2 Å². The highest BCUT2D eigenvalue weighted by Crippen LogP contribution is 2.24. The summed E-state index contributed by atoms with van der Waals surface area (Å²) >= 11 is 0. The van der Waals surface area contributed by atoms with Crippen LogP contribution in [0.25, 0.3) is 0 Å². The number of carbonyl (C=O) groups excluding carboxylic acids is 1. The molecule has 2 aliphatic rings. The van der Waals surface area contributed by atoms with Crippen LogP contribution >= 0.6 is 0 Å². The van der Waals surface area contributed by atoms with Crippen LogP contribution in [0.5, 0.6) is 5.75 Å². The van der Waals surface area contributed by atoms with E-state index in [1.54, 1.807) is 0 Å². The van der Waals surface area contributed by atoms with Gasteiger partial charge in [-0.2, -0.15) is 0 Å². The Morgan fingerprint density at radius 1 is 1.25 bits per heavy atom. The normalized spacial score (nSPS) is 21.9. The molecule has 0 spiro atoms. The third-order valence-corrected chi connectivity index (χ3v) is 5.36. The largest absolute Gasteiger partial charge is 0.490 e. The van der Waals surface area contributed by atoms with Crippen molar-refractivity contribution in [2.45, 2.75) is 52.1 Å². The zero-order valence-corrected chi connectivity index (χ0v) is 15.0. The molecule has 24 heavy (non-hydrogen) atoms. The first kappa shape index (κ1) is 17.3. The molecular formula is C20H30N2O2. The summed E-state index contributed by atoms with van der Waals surface area (Å²) in [6.07, 6.45) is 5.06. The Labute approximate surface area is 145 Å². The maximum Gasteiger partial charge on any atom is 0.222 e. The van der Waals surface area contributed by atoms with Gasteiger partial charge in [-0.3, -0.25) is 4.79 Å². The van der Waals surface area contributed by atoms with E-state index in [2.05, 4.69) is 37.4 Å². The van der Waals surface area contributed by atoms with Gasteiger partial charge in [0.2, 0.25) is 5.91 Å². The van der Waals surface area contributed by atoms with Crippen molar-refractivity contribution in [1.82, 2.24) is 10.2 Å². The van der Waals surface area contributed by atoms with Gasteiger partial charge < -0.3 is 15.0 Å². The van der Waals surface area contributed by atoms with Gasteiger partial charge >= 0.3 is 0 Å². The fourth-order valence-electron chi connectivity index (χ4n) is 3.68. The Kier molecular flexibility index (Phi) is 5.77. The number of likely N-dealkylation sites (tertiary alicyclic amines) is 1. The minimum Gasteiger partial charge on any atom is -0.490 e. The van der Waals surface area contributed by atoms with Crippen molar-refractivity contribution in [3.05, 3.63) is 29.3 Å². The molecule has 132 valence electrons. The van der Waals surface area contributed by atoms with Crippen LogP contribution in [0.3, 0.4) is 0 Å². The molecule has 3 rings (SSSR count). The number of aryl methyl sites for hydroxylation is 2. The number of rotatable bonds is 5. The molecule has 4 nitrogen and oxygen atoms in total. The van der Waals surface area contributed by atoms with Crippen molar-refractivity contribution in [1.29, 1.82) is 0 Å². The van der Waals surface area contributed by atoms with E-state index in [-0.39, 0.29) is 6.10 Å². The average Bonchev–Trinajstić information content (AvgIpc) is 3.10. The molecule has 1 unspecified atom stereocenters. The smallest absolute Gasteiger partial charge is 0.222 e. The van der Waals surface area contributed by atoms with Gasteiger partial charge in [0.05, 0.1) is 0 Å². The lowest BCUT2D eigenvalue weighted by molar-refractivity contribution is -0.133. The third kappa shape index (κ3) is 4.50. The second-order valence-corrected chi connectivity index (χ2v) is 7.36. The first-order valence-corrected chi connectivity index (χ1v) is 9.34. The number of amides is 1. The van der Waals surface area contributed by atoms with Gasteiger partial charge in [0, 0.05) is 32.4 Å². The zero-order valence-electron chi connectivity index (χ0n) is 15.0. The van der Waals surface area contributed by atoms with Crippen LogP contribution < -0.4 is 10.1 Å². The summed E-state index contributed by atoms with van der Waals surface area (Å²) in [5.74, 6) is 2.01. The Balaban J connectivity index is 1.43. The maximum atomic E-state index is 12.4. The van der Waals surface area contributed by atoms with Gasteiger partial charge in [0.25, 0.3) is 0 Å². The summed E-state index contributed by atoms with van der Waals surface area (Å²) in [5, 5.41) is 3.37. The van der Waals surface area contributed by atoms with Gasteiger partial charge in [-0.05, 0) is 62.9 Å². The minimum absolute atomic E-state index is 0.230. The molecule has 1 aromatic rings. The number of hydrogen-bond acceptors (Lipinski definition) is 3. The summed E-state index contributed by atoms with van der Waals surface area (Å²) < 4.78 is 6.19. The van der Waals surface area contributed by atoms with Crippen LogP contribution in [0.1, 0.15) is 43.2 Å². The fraction of sp³-hybridized carbons (Fsp3) is 0.650. The molecule has 2 saturated heterocycles. The predicted molar refractivity (Wildman–Crippen MR) is 96.4 cm³/mol. The Morgan fingerprint density at radius 2 is 2.04 bits per heavy atom. The van der Waals surface area contributed by atoms with Gasteiger partial charge in [0.1, 0.15) is 11.9 Å². The van der Waals surface area contributed by atoms with Crippen molar-refractivity contribution in [2.24, 2.45) is 5.92 Å². The molecule has 0 radical (unpaired) electrons. The molecule has 1 N–H and O–H groups in total. The van der Waals surface area contributed by atoms with Gasteiger partial charge in [-0.25, -0.2) is 0 Å². The van der Waals surface area contributed by atoms with E-state index in [1.807, 2.05) is 4.90 Å². The number of nitrogens with one attached hydrogen (secondary N) is 1. The number of carbonyl (C=O) groups is 1. The lowest BCUT2D eigenvalue weighted by atomic mass is 10.0. The number of hydrogen-bond donors (Lipinski definition) is 1. The van der Waals surface area contributed by atoms with Crippen molar-refractivity contribution >= 4 is 5.91 Å². The number of benzene rings is 1. The summed E-state index contributed by atoms with van der Waals surface area (Å²) in [4.78, 5) is 14.4. The van der Waals surface area contributed by atoms with E-state index in [0.717, 1.165) is 51.2 Å². The van der Waals surface area contributed by atoms with E-state index in [9.17, 15) is 4.79 Å². The summed E-state index contributed by atoms with van der Waals surface area (Å²) in [6, 6.07) is 6.34. The van der Waals surface area contributed by atoms with Crippen LogP contribution in [0, 0.1) is 19.8 Å². The second-order valence-electron chi connectivity index (χ2n) is 7.36. The molecule has 2 fully saturated rings. The SMILES string of the molecule is Cc1ccc(C)c(OC2CCN(C(=O)CCC3CCNC3)CC2)c1. The summed E-state index contributed by atoms with van der Waals surface area (Å²) in [6.45, 7) is 8.03. The van der Waals surface area contributed by atoms with Gasteiger partial charge in [-0.15, -0.1) is 0 Å². The number of ether oxygens (including phenoxy) is 1. The van der Waals surface area contributed by atoms with Crippen LogP contribution in [-0.4, -0.2) is 43.1 Å². The molecule has 0 bridgehead atoms. The number of nitrogens with zero attached hydrogens (tertiary/aromatic N) is 1. The standard InChI is InChI=1S/C20H30N2O2/c1-15-3-4-16(2)19(13-15)24-18-8-11-22(12-9-18)20(23)6-5-17-7-10-21-14-17/h3-4,13,17-18,21H,5-12,14H2,1-2H3. The minimum atomic E-state index is 0.230. The zero-order chi connectivity index (χ0) is 16.9. The molecular weight excluding hydrogens is 300 g/mol. The highest BCUT2D eigenvalue weighted by molar-refractivity contribution is 5.76. The molecule has 2 aliphatic heterocycles. The molecule has 1 aromatic carbocycles. The van der Waals surface area contributed by atoms with Gasteiger partial charge in [-0.1, -0.05) is 12.1 Å². The lowest BCUT2D eigenvalue weighted by Crippen LogP contribution is -2.41. The second kappa shape index (κ2) is 8.02. The van der Waals surface area contributed by atoms with Crippen molar-refractivity contribution in [3.63, 3.8) is 0 Å². The fourth-order valence-corrected chi connectivity index (χ4v) is 3.68. The number of piperidine rings is 1. The van der Waals surface area contributed by atoms with Crippen LogP contribution in [0.4, 0.5) is 0 Å². The first-order chi connectivity index (χ1) is 11.6. The lowest BCUT2D eigenvalue weighted by Gasteiger charge is -2.32. The highest BCUT2D eigenvalue weighted by atomic mass is 16.5. The molecule has 0 saturated carbocycles. The maximum absolute atomic E-state index is 12.4.